The number of amides is 1. The minimum absolute atomic E-state index is 0.00788. The van der Waals surface area contributed by atoms with E-state index >= 15 is 0 Å². The van der Waals surface area contributed by atoms with Crippen molar-refractivity contribution >= 4 is 16.8 Å². The molecule has 0 radical (unpaired) electrons. The number of hydrogen-bond donors (Lipinski definition) is 1. The van der Waals surface area contributed by atoms with Crippen LogP contribution in [-0.4, -0.2) is 28.9 Å². The molecule has 3 nitrogen and oxygen atoms in total. The van der Waals surface area contributed by atoms with Crippen LogP contribution >= 0.6 is 0 Å². The van der Waals surface area contributed by atoms with Crippen LogP contribution in [0.2, 0.25) is 0 Å². The summed E-state index contributed by atoms with van der Waals surface area (Å²) in [6.45, 7) is 5.79. The molecule has 0 saturated carbocycles. The van der Waals surface area contributed by atoms with Gasteiger partial charge in [-0.2, -0.15) is 0 Å². The topological polar surface area (TPSA) is 36.1 Å². The van der Waals surface area contributed by atoms with Gasteiger partial charge >= 0.3 is 0 Å². The van der Waals surface area contributed by atoms with E-state index in [1.165, 1.54) is 12.1 Å². The van der Waals surface area contributed by atoms with Crippen molar-refractivity contribution in [3.63, 3.8) is 0 Å². The van der Waals surface area contributed by atoms with Crippen molar-refractivity contribution in [2.45, 2.75) is 39.5 Å². The third-order valence-corrected chi connectivity index (χ3v) is 3.66. The zero-order valence-corrected chi connectivity index (χ0v) is 12.8. The Hall–Kier alpha value is -1.84. The summed E-state index contributed by atoms with van der Waals surface area (Å²) >= 11 is 0. The first-order chi connectivity index (χ1) is 10.2. The molecule has 1 aromatic carbocycles. The number of nitrogens with zero attached hydrogens (tertiary/aromatic N) is 1. The van der Waals surface area contributed by atoms with Crippen molar-refractivity contribution < 1.29 is 9.18 Å². The number of aromatic amines is 1. The Kier molecular flexibility index (Phi) is 5.37. The second-order valence-corrected chi connectivity index (χ2v) is 5.41. The Bertz CT molecular complexity index is 598. The van der Waals surface area contributed by atoms with Gasteiger partial charge in [-0.15, -0.1) is 0 Å². The molecule has 1 N–H and O–H groups in total. The maximum Gasteiger partial charge on any atom is 0.270 e. The Morgan fingerprint density at radius 1 is 1.14 bits per heavy atom. The maximum absolute atomic E-state index is 13.2. The fourth-order valence-corrected chi connectivity index (χ4v) is 2.40. The number of fused-ring (bicyclic) bond motifs is 1. The third kappa shape index (κ3) is 3.84. The maximum atomic E-state index is 13.2. The lowest BCUT2D eigenvalue weighted by Crippen LogP contribution is -2.33. The first-order valence-corrected chi connectivity index (χ1v) is 7.73. The molecular formula is C17H23FN2O. The van der Waals surface area contributed by atoms with Crippen LogP contribution < -0.4 is 0 Å². The molecule has 0 aliphatic carbocycles. The molecular weight excluding hydrogens is 267 g/mol. The summed E-state index contributed by atoms with van der Waals surface area (Å²) in [5.74, 6) is -0.275. The highest BCUT2D eigenvalue weighted by Crippen LogP contribution is 2.18. The fourth-order valence-electron chi connectivity index (χ4n) is 2.40. The fraction of sp³-hybridized carbons (Fsp3) is 0.471. The molecule has 4 heteroatoms. The third-order valence-electron chi connectivity index (χ3n) is 3.66. The number of hydrogen-bond acceptors (Lipinski definition) is 1. The molecule has 1 amide bonds. The van der Waals surface area contributed by atoms with E-state index in [1.54, 1.807) is 12.1 Å². The number of carbonyl (C=O) groups excluding carboxylic acids is 1. The second-order valence-electron chi connectivity index (χ2n) is 5.41. The predicted octanol–water partition coefficient (Wildman–Crippen LogP) is 4.35. The van der Waals surface area contributed by atoms with E-state index in [4.69, 9.17) is 0 Å². The highest BCUT2D eigenvalue weighted by atomic mass is 19.1. The van der Waals surface area contributed by atoms with Gasteiger partial charge in [-0.1, -0.05) is 26.7 Å². The number of aromatic nitrogens is 1. The molecule has 0 saturated heterocycles. The number of unbranched alkanes of at least 4 members (excludes halogenated alkanes) is 2. The Labute approximate surface area is 125 Å². The number of H-pyrrole nitrogens is 1. The molecule has 1 aromatic heterocycles. The predicted molar refractivity (Wildman–Crippen MR) is 84.0 cm³/mol. The van der Waals surface area contributed by atoms with Crippen molar-refractivity contribution in [3.8, 4) is 0 Å². The lowest BCUT2D eigenvalue weighted by Gasteiger charge is -2.21. The van der Waals surface area contributed by atoms with Crippen LogP contribution in [-0.2, 0) is 0 Å². The van der Waals surface area contributed by atoms with E-state index in [9.17, 15) is 9.18 Å². The van der Waals surface area contributed by atoms with E-state index in [0.29, 0.717) is 5.69 Å². The quantitative estimate of drug-likeness (QED) is 0.808. The van der Waals surface area contributed by atoms with Crippen LogP contribution in [0.5, 0.6) is 0 Å². The van der Waals surface area contributed by atoms with E-state index in [-0.39, 0.29) is 11.7 Å². The normalized spacial score (nSPS) is 11.0. The van der Waals surface area contributed by atoms with Crippen LogP contribution in [0.1, 0.15) is 50.0 Å². The summed E-state index contributed by atoms with van der Waals surface area (Å²) in [4.78, 5) is 17.6. The van der Waals surface area contributed by atoms with Crippen LogP contribution in [0.3, 0.4) is 0 Å². The molecule has 1 heterocycles. The van der Waals surface area contributed by atoms with E-state index in [0.717, 1.165) is 49.7 Å². The summed E-state index contributed by atoms with van der Waals surface area (Å²) in [7, 11) is 0. The van der Waals surface area contributed by atoms with Gasteiger partial charge in [0.05, 0.1) is 0 Å². The molecule has 0 aliphatic rings. The zero-order valence-electron chi connectivity index (χ0n) is 12.8. The van der Waals surface area contributed by atoms with Gasteiger partial charge in [0.15, 0.2) is 0 Å². The molecule has 2 rings (SSSR count). The zero-order chi connectivity index (χ0) is 15.2. The van der Waals surface area contributed by atoms with E-state index < -0.39 is 0 Å². The number of rotatable bonds is 7. The Morgan fingerprint density at radius 2 is 1.81 bits per heavy atom. The van der Waals surface area contributed by atoms with E-state index in [1.807, 2.05) is 4.90 Å². The van der Waals surface area contributed by atoms with Crippen molar-refractivity contribution in [2.75, 3.05) is 13.1 Å². The monoisotopic (exact) mass is 290 g/mol. The minimum Gasteiger partial charge on any atom is -0.351 e. The smallest absolute Gasteiger partial charge is 0.270 e. The molecule has 0 unspecified atom stereocenters. The largest absolute Gasteiger partial charge is 0.351 e. The molecule has 0 spiro atoms. The highest BCUT2D eigenvalue weighted by Gasteiger charge is 2.17. The van der Waals surface area contributed by atoms with E-state index in [2.05, 4.69) is 18.8 Å². The number of benzene rings is 1. The van der Waals surface area contributed by atoms with Gasteiger partial charge < -0.3 is 9.88 Å². The van der Waals surface area contributed by atoms with Gasteiger partial charge in [0.2, 0.25) is 0 Å². The molecule has 0 fully saturated rings. The summed E-state index contributed by atoms with van der Waals surface area (Å²) in [5.41, 5.74) is 1.34. The summed E-state index contributed by atoms with van der Waals surface area (Å²) in [6.07, 6.45) is 4.14. The second kappa shape index (κ2) is 7.25. The molecule has 0 aliphatic heterocycles. The SMILES string of the molecule is CCCCN(CCCC)C(=O)c1cc2cc(F)ccc2[nH]1. The molecule has 0 bridgehead atoms. The van der Waals surface area contributed by atoms with Crippen LogP contribution in [0.15, 0.2) is 24.3 Å². The van der Waals surface area contributed by atoms with Gasteiger partial charge in [0.1, 0.15) is 11.5 Å². The molecule has 2 aromatic rings. The van der Waals surface area contributed by atoms with Crippen molar-refractivity contribution in [3.05, 3.63) is 35.8 Å². The average Bonchev–Trinajstić information content (AvgIpc) is 2.89. The van der Waals surface area contributed by atoms with Gasteiger partial charge in [-0.05, 0) is 37.1 Å². The van der Waals surface area contributed by atoms with Gasteiger partial charge in [-0.3, -0.25) is 4.79 Å². The standard InChI is InChI=1S/C17H23FN2O/c1-3-5-9-20(10-6-4-2)17(21)16-12-13-11-14(18)7-8-15(13)19-16/h7-8,11-12,19H,3-6,9-10H2,1-2H3. The van der Waals surface area contributed by atoms with Crippen molar-refractivity contribution in [2.24, 2.45) is 0 Å². The first-order valence-electron chi connectivity index (χ1n) is 7.73. The number of halogens is 1. The van der Waals surface area contributed by atoms with Crippen LogP contribution in [0.25, 0.3) is 10.9 Å². The van der Waals surface area contributed by atoms with Crippen molar-refractivity contribution in [1.82, 2.24) is 9.88 Å². The van der Waals surface area contributed by atoms with Crippen molar-refractivity contribution in [1.29, 1.82) is 0 Å². The summed E-state index contributed by atoms with van der Waals surface area (Å²) < 4.78 is 13.2. The highest BCUT2D eigenvalue weighted by molar-refractivity contribution is 5.98. The van der Waals surface area contributed by atoms with Gasteiger partial charge in [0.25, 0.3) is 5.91 Å². The van der Waals surface area contributed by atoms with Gasteiger partial charge in [0, 0.05) is 24.0 Å². The molecule has 114 valence electrons. The summed E-state index contributed by atoms with van der Waals surface area (Å²) in [5, 5.41) is 0.740. The Morgan fingerprint density at radius 3 is 2.43 bits per heavy atom. The lowest BCUT2D eigenvalue weighted by molar-refractivity contribution is 0.0746. The van der Waals surface area contributed by atoms with Gasteiger partial charge in [-0.25, -0.2) is 4.39 Å². The lowest BCUT2D eigenvalue weighted by atomic mass is 10.2. The molecule has 21 heavy (non-hydrogen) atoms. The van der Waals surface area contributed by atoms with Crippen LogP contribution in [0, 0.1) is 5.82 Å². The Balaban J connectivity index is 2.20. The number of carbonyl (C=O) groups is 1. The number of nitrogens with one attached hydrogen (secondary N) is 1. The van der Waals surface area contributed by atoms with Crippen LogP contribution in [0.4, 0.5) is 4.39 Å². The minimum atomic E-state index is -0.283. The summed E-state index contributed by atoms with van der Waals surface area (Å²) in [6, 6.07) is 6.26. The average molecular weight is 290 g/mol. The molecule has 0 atom stereocenters. The first kappa shape index (κ1) is 15.5.